The van der Waals surface area contributed by atoms with E-state index in [2.05, 4.69) is 5.32 Å². The number of hydrogen-bond acceptors (Lipinski definition) is 5. The zero-order chi connectivity index (χ0) is 15.5. The highest BCUT2D eigenvalue weighted by Gasteiger charge is 2.16. The van der Waals surface area contributed by atoms with Crippen molar-refractivity contribution < 1.29 is 18.1 Å². The number of amides is 1. The number of non-ortho nitro benzene ring substituents is 1. The number of nitro benzene ring substituents is 1. The smallest absolute Gasteiger partial charge is 0.271 e. The van der Waals surface area contributed by atoms with Crippen LogP contribution in [0.15, 0.2) is 18.2 Å². The Kier molecular flexibility index (Phi) is 4.79. The lowest BCUT2D eigenvalue weighted by molar-refractivity contribution is -0.384. The first-order chi connectivity index (χ1) is 9.11. The van der Waals surface area contributed by atoms with Crippen LogP contribution in [0, 0.1) is 17.0 Å². The minimum absolute atomic E-state index is 0.151. The highest BCUT2D eigenvalue weighted by atomic mass is 32.2. The molecule has 0 radical (unpaired) electrons. The quantitative estimate of drug-likeness (QED) is 0.637. The Morgan fingerprint density at radius 1 is 1.45 bits per heavy atom. The van der Waals surface area contributed by atoms with E-state index in [1.165, 1.54) is 25.2 Å². The first-order valence-corrected chi connectivity index (χ1v) is 7.42. The van der Waals surface area contributed by atoms with Gasteiger partial charge < -0.3 is 5.32 Å². The van der Waals surface area contributed by atoms with Crippen molar-refractivity contribution in [3.05, 3.63) is 33.9 Å². The van der Waals surface area contributed by atoms with Gasteiger partial charge in [0.2, 0.25) is 15.9 Å². The number of nitrogens with one attached hydrogen (secondary N) is 1. The van der Waals surface area contributed by atoms with E-state index in [1.54, 1.807) is 6.92 Å². The lowest BCUT2D eigenvalue weighted by Gasteiger charge is -2.14. The molecule has 0 heterocycles. The molecule has 0 aliphatic heterocycles. The van der Waals surface area contributed by atoms with Crippen molar-refractivity contribution >= 4 is 27.3 Å². The van der Waals surface area contributed by atoms with Crippen LogP contribution in [-0.2, 0) is 14.8 Å². The van der Waals surface area contributed by atoms with Gasteiger partial charge in [-0.05, 0) is 12.5 Å². The van der Waals surface area contributed by atoms with Gasteiger partial charge in [0, 0.05) is 19.2 Å². The SMILES string of the molecule is Cc1ccc([N+](=O)[O-])cc1NC(=O)CN(C)S(C)(=O)=O. The molecule has 20 heavy (non-hydrogen) atoms. The van der Waals surface area contributed by atoms with Gasteiger partial charge >= 0.3 is 0 Å². The fraction of sp³-hybridized carbons (Fsp3) is 0.364. The number of rotatable bonds is 5. The summed E-state index contributed by atoms with van der Waals surface area (Å²) in [6, 6.07) is 4.06. The molecule has 0 unspecified atom stereocenters. The maximum atomic E-state index is 11.7. The molecule has 1 rings (SSSR count). The predicted molar refractivity (Wildman–Crippen MR) is 73.9 cm³/mol. The van der Waals surface area contributed by atoms with Crippen molar-refractivity contribution in [1.82, 2.24) is 4.31 Å². The van der Waals surface area contributed by atoms with Crippen LogP contribution in [0.4, 0.5) is 11.4 Å². The minimum Gasteiger partial charge on any atom is -0.324 e. The molecule has 9 heteroatoms. The number of hydrogen-bond donors (Lipinski definition) is 1. The van der Waals surface area contributed by atoms with Gasteiger partial charge in [-0.3, -0.25) is 14.9 Å². The Morgan fingerprint density at radius 2 is 2.05 bits per heavy atom. The molecular weight excluding hydrogens is 286 g/mol. The summed E-state index contributed by atoms with van der Waals surface area (Å²) in [4.78, 5) is 21.8. The number of sulfonamides is 1. The van der Waals surface area contributed by atoms with Crippen LogP contribution >= 0.6 is 0 Å². The lowest BCUT2D eigenvalue weighted by Crippen LogP contribution is -2.34. The van der Waals surface area contributed by atoms with Crippen molar-refractivity contribution in [1.29, 1.82) is 0 Å². The number of likely N-dealkylation sites (N-methyl/N-ethyl adjacent to an activating group) is 1. The molecule has 1 aromatic carbocycles. The van der Waals surface area contributed by atoms with Crippen molar-refractivity contribution in [3.63, 3.8) is 0 Å². The van der Waals surface area contributed by atoms with Crippen molar-refractivity contribution in [3.8, 4) is 0 Å². The van der Waals surface area contributed by atoms with E-state index >= 15 is 0 Å². The second-order valence-electron chi connectivity index (χ2n) is 4.32. The summed E-state index contributed by atoms with van der Waals surface area (Å²) in [5.74, 6) is -0.568. The Hall–Kier alpha value is -2.00. The highest BCUT2D eigenvalue weighted by Crippen LogP contribution is 2.21. The van der Waals surface area contributed by atoms with Gasteiger partial charge in [-0.1, -0.05) is 6.07 Å². The van der Waals surface area contributed by atoms with Crippen LogP contribution in [0.1, 0.15) is 5.56 Å². The largest absolute Gasteiger partial charge is 0.324 e. The van der Waals surface area contributed by atoms with Crippen molar-refractivity contribution in [2.45, 2.75) is 6.92 Å². The molecule has 0 fully saturated rings. The minimum atomic E-state index is -3.46. The van der Waals surface area contributed by atoms with E-state index in [9.17, 15) is 23.3 Å². The van der Waals surface area contributed by atoms with Gasteiger partial charge in [-0.15, -0.1) is 0 Å². The van der Waals surface area contributed by atoms with Gasteiger partial charge in [0.1, 0.15) is 0 Å². The summed E-state index contributed by atoms with van der Waals surface area (Å²) in [6.45, 7) is 1.32. The van der Waals surface area contributed by atoms with E-state index in [4.69, 9.17) is 0 Å². The molecule has 0 aromatic heterocycles. The first-order valence-electron chi connectivity index (χ1n) is 5.57. The van der Waals surface area contributed by atoms with Crippen LogP contribution in [0.25, 0.3) is 0 Å². The zero-order valence-electron chi connectivity index (χ0n) is 11.3. The van der Waals surface area contributed by atoms with Crippen molar-refractivity contribution in [2.75, 3.05) is 25.2 Å². The fourth-order valence-electron chi connectivity index (χ4n) is 1.37. The maximum Gasteiger partial charge on any atom is 0.271 e. The van der Waals surface area contributed by atoms with Gasteiger partial charge in [-0.2, -0.15) is 4.31 Å². The topological polar surface area (TPSA) is 110 Å². The maximum absolute atomic E-state index is 11.7. The van der Waals surface area contributed by atoms with E-state index in [1.807, 2.05) is 0 Å². The number of nitro groups is 1. The molecule has 1 aromatic rings. The third-order valence-corrected chi connectivity index (χ3v) is 3.90. The Balaban J connectivity index is 2.86. The summed E-state index contributed by atoms with van der Waals surface area (Å²) in [5.41, 5.74) is 0.777. The van der Waals surface area contributed by atoms with Crippen LogP contribution in [0.2, 0.25) is 0 Å². The second-order valence-corrected chi connectivity index (χ2v) is 6.41. The number of benzene rings is 1. The van der Waals surface area contributed by atoms with Crippen LogP contribution < -0.4 is 5.32 Å². The van der Waals surface area contributed by atoms with Gasteiger partial charge in [0.05, 0.1) is 23.4 Å². The fourth-order valence-corrected chi connectivity index (χ4v) is 1.72. The lowest BCUT2D eigenvalue weighted by atomic mass is 10.2. The average Bonchev–Trinajstić information content (AvgIpc) is 2.30. The second kappa shape index (κ2) is 5.97. The van der Waals surface area contributed by atoms with Gasteiger partial charge in [0.25, 0.3) is 5.69 Å². The molecule has 0 atom stereocenters. The average molecular weight is 301 g/mol. The van der Waals surface area contributed by atoms with Gasteiger partial charge in [-0.25, -0.2) is 8.42 Å². The van der Waals surface area contributed by atoms with E-state index < -0.39 is 20.9 Å². The first kappa shape index (κ1) is 16.1. The van der Waals surface area contributed by atoms with Gasteiger partial charge in [0.15, 0.2) is 0 Å². The molecule has 1 N–H and O–H groups in total. The van der Waals surface area contributed by atoms with E-state index in [-0.39, 0.29) is 17.9 Å². The van der Waals surface area contributed by atoms with Crippen LogP contribution in [-0.4, -0.2) is 43.4 Å². The number of nitrogens with zero attached hydrogens (tertiary/aromatic N) is 2. The Bertz CT molecular complexity index is 641. The molecule has 0 saturated heterocycles. The number of carbonyl (C=O) groups excluding carboxylic acids is 1. The summed E-state index contributed by atoms with van der Waals surface area (Å²) >= 11 is 0. The molecule has 8 nitrogen and oxygen atoms in total. The zero-order valence-corrected chi connectivity index (χ0v) is 12.1. The highest BCUT2D eigenvalue weighted by molar-refractivity contribution is 7.88. The summed E-state index contributed by atoms with van der Waals surface area (Å²) < 4.78 is 23.3. The van der Waals surface area contributed by atoms with E-state index in [0.29, 0.717) is 5.56 Å². The normalized spacial score (nSPS) is 11.4. The van der Waals surface area contributed by atoms with Crippen LogP contribution in [0.3, 0.4) is 0 Å². The number of aryl methyl sites for hydroxylation is 1. The Morgan fingerprint density at radius 3 is 2.55 bits per heavy atom. The number of anilines is 1. The standard InChI is InChI=1S/C11H15N3O5S/c1-8-4-5-9(14(16)17)6-10(8)12-11(15)7-13(2)20(3,18)19/h4-6H,7H2,1-3H3,(H,12,15). The molecule has 0 aliphatic rings. The third-order valence-electron chi connectivity index (χ3n) is 2.64. The summed E-state index contributed by atoms with van der Waals surface area (Å²) in [6.07, 6.45) is 0.985. The van der Waals surface area contributed by atoms with E-state index in [0.717, 1.165) is 10.6 Å². The summed E-state index contributed by atoms with van der Waals surface area (Å²) in [5, 5.41) is 13.1. The molecule has 0 saturated carbocycles. The van der Waals surface area contributed by atoms with Crippen molar-refractivity contribution in [2.24, 2.45) is 0 Å². The number of carbonyl (C=O) groups is 1. The molecular formula is C11H15N3O5S. The monoisotopic (exact) mass is 301 g/mol. The Labute approximate surface area is 116 Å². The molecule has 110 valence electrons. The molecule has 0 spiro atoms. The molecule has 0 bridgehead atoms. The molecule has 0 aliphatic carbocycles. The molecule has 1 amide bonds. The van der Waals surface area contributed by atoms with Crippen LogP contribution in [0.5, 0.6) is 0 Å². The predicted octanol–water partition coefficient (Wildman–Crippen LogP) is 0.733. The summed E-state index contributed by atoms with van der Waals surface area (Å²) in [7, 11) is -2.18. The third kappa shape index (κ3) is 4.28.